The summed E-state index contributed by atoms with van der Waals surface area (Å²) in [6.07, 6.45) is 4.61. The molecule has 4 heteroatoms. The molecule has 1 amide bonds. The summed E-state index contributed by atoms with van der Waals surface area (Å²) in [6.45, 7) is 0.396. The Bertz CT molecular complexity index is 523. The van der Waals surface area contributed by atoms with Crippen LogP contribution in [0.1, 0.15) is 43.6 Å². The number of amides is 1. The molecule has 2 fully saturated rings. The standard InChI is InChI=1S/C17H23NO3/c1-21-13-6-4-5-12(9-13)14-10-15(14)16(19)18-11-17(20)7-2-3-8-17/h4-6,9,14-15,20H,2-3,7-8,10-11H2,1H3,(H,18,19). The van der Waals surface area contributed by atoms with Gasteiger partial charge in [0.15, 0.2) is 0 Å². The molecule has 2 aliphatic carbocycles. The van der Waals surface area contributed by atoms with E-state index in [1.165, 1.54) is 0 Å². The van der Waals surface area contributed by atoms with Gasteiger partial charge in [0.1, 0.15) is 5.75 Å². The van der Waals surface area contributed by atoms with Crippen molar-refractivity contribution in [1.82, 2.24) is 5.32 Å². The van der Waals surface area contributed by atoms with Crippen molar-refractivity contribution in [2.45, 2.75) is 43.6 Å². The van der Waals surface area contributed by atoms with E-state index in [1.807, 2.05) is 24.3 Å². The summed E-state index contributed by atoms with van der Waals surface area (Å²) < 4.78 is 5.22. The third kappa shape index (κ3) is 3.21. The van der Waals surface area contributed by atoms with Crippen molar-refractivity contribution < 1.29 is 14.6 Å². The number of carbonyl (C=O) groups is 1. The maximum absolute atomic E-state index is 12.2. The average molecular weight is 289 g/mol. The molecular formula is C17H23NO3. The minimum absolute atomic E-state index is 0.0436. The lowest BCUT2D eigenvalue weighted by Gasteiger charge is -2.22. The van der Waals surface area contributed by atoms with E-state index in [9.17, 15) is 9.90 Å². The molecule has 21 heavy (non-hydrogen) atoms. The van der Waals surface area contributed by atoms with Gasteiger partial charge in [0.05, 0.1) is 12.7 Å². The molecule has 0 spiro atoms. The number of hydrogen-bond donors (Lipinski definition) is 2. The van der Waals surface area contributed by atoms with Gasteiger partial charge in [-0.1, -0.05) is 25.0 Å². The summed E-state index contributed by atoms with van der Waals surface area (Å²) in [7, 11) is 1.65. The highest BCUT2D eigenvalue weighted by molar-refractivity contribution is 5.83. The molecule has 0 aromatic heterocycles. The third-order valence-corrected chi connectivity index (χ3v) is 4.78. The Hall–Kier alpha value is -1.55. The number of carbonyl (C=O) groups excluding carboxylic acids is 1. The Labute approximate surface area is 125 Å². The summed E-state index contributed by atoms with van der Waals surface area (Å²) in [6, 6.07) is 7.92. The molecule has 0 bridgehead atoms. The zero-order valence-electron chi connectivity index (χ0n) is 12.5. The molecule has 3 rings (SSSR count). The van der Waals surface area contributed by atoms with E-state index >= 15 is 0 Å². The van der Waals surface area contributed by atoms with Crippen molar-refractivity contribution in [3.63, 3.8) is 0 Å². The largest absolute Gasteiger partial charge is 0.497 e. The Morgan fingerprint density at radius 3 is 2.90 bits per heavy atom. The van der Waals surface area contributed by atoms with Gasteiger partial charge in [-0.05, 0) is 42.9 Å². The molecule has 2 N–H and O–H groups in total. The monoisotopic (exact) mass is 289 g/mol. The van der Waals surface area contributed by atoms with Gasteiger partial charge >= 0.3 is 0 Å². The number of benzene rings is 1. The maximum Gasteiger partial charge on any atom is 0.223 e. The smallest absolute Gasteiger partial charge is 0.223 e. The minimum Gasteiger partial charge on any atom is -0.497 e. The quantitative estimate of drug-likeness (QED) is 0.874. The molecule has 2 unspecified atom stereocenters. The first kappa shape index (κ1) is 14.4. The molecule has 1 aromatic rings. The van der Waals surface area contributed by atoms with Crippen molar-refractivity contribution in [3.05, 3.63) is 29.8 Å². The number of aliphatic hydroxyl groups is 1. The minimum atomic E-state index is -0.671. The predicted octanol–water partition coefficient (Wildman–Crippen LogP) is 2.22. The van der Waals surface area contributed by atoms with Crippen molar-refractivity contribution in [1.29, 1.82) is 0 Å². The maximum atomic E-state index is 12.2. The molecule has 2 atom stereocenters. The lowest BCUT2D eigenvalue weighted by Crippen LogP contribution is -2.41. The molecule has 2 aliphatic rings. The van der Waals surface area contributed by atoms with Crippen molar-refractivity contribution >= 4 is 5.91 Å². The highest BCUT2D eigenvalue weighted by atomic mass is 16.5. The third-order valence-electron chi connectivity index (χ3n) is 4.78. The lowest BCUT2D eigenvalue weighted by molar-refractivity contribution is -0.123. The second kappa shape index (κ2) is 5.68. The van der Waals surface area contributed by atoms with Crippen LogP contribution in [0, 0.1) is 5.92 Å². The summed E-state index contributed by atoms with van der Waals surface area (Å²) in [4.78, 5) is 12.2. The van der Waals surface area contributed by atoms with Gasteiger partial charge in [-0.15, -0.1) is 0 Å². The van der Waals surface area contributed by atoms with E-state index in [0.717, 1.165) is 43.4 Å². The molecule has 4 nitrogen and oxygen atoms in total. The summed E-state index contributed by atoms with van der Waals surface area (Å²) in [5.74, 6) is 1.24. The first-order chi connectivity index (χ1) is 10.1. The van der Waals surface area contributed by atoms with Crippen LogP contribution in [0.2, 0.25) is 0 Å². The zero-order chi connectivity index (χ0) is 14.9. The molecule has 0 aliphatic heterocycles. The summed E-state index contributed by atoms with van der Waals surface area (Å²) in [5.41, 5.74) is 0.491. The fourth-order valence-electron chi connectivity index (χ4n) is 3.32. The van der Waals surface area contributed by atoms with Crippen LogP contribution >= 0.6 is 0 Å². The van der Waals surface area contributed by atoms with Crippen molar-refractivity contribution in [2.24, 2.45) is 5.92 Å². The Kier molecular flexibility index (Phi) is 3.89. The zero-order valence-corrected chi connectivity index (χ0v) is 12.5. The average Bonchev–Trinajstić information content (AvgIpc) is 3.20. The fourth-order valence-corrected chi connectivity index (χ4v) is 3.32. The van der Waals surface area contributed by atoms with Gasteiger partial charge in [0.2, 0.25) is 5.91 Å². The van der Waals surface area contributed by atoms with E-state index in [-0.39, 0.29) is 11.8 Å². The summed E-state index contributed by atoms with van der Waals surface area (Å²) >= 11 is 0. The topological polar surface area (TPSA) is 58.6 Å². The van der Waals surface area contributed by atoms with Crippen LogP contribution in [0.15, 0.2) is 24.3 Å². The van der Waals surface area contributed by atoms with Crippen LogP contribution in [0.25, 0.3) is 0 Å². The van der Waals surface area contributed by atoms with Crippen LogP contribution in [-0.2, 0) is 4.79 Å². The van der Waals surface area contributed by atoms with Crippen LogP contribution in [0.3, 0.4) is 0 Å². The van der Waals surface area contributed by atoms with E-state index < -0.39 is 5.60 Å². The Morgan fingerprint density at radius 2 is 2.19 bits per heavy atom. The highest BCUT2D eigenvalue weighted by Crippen LogP contribution is 2.48. The van der Waals surface area contributed by atoms with Crippen LogP contribution in [-0.4, -0.2) is 30.3 Å². The number of rotatable bonds is 5. The van der Waals surface area contributed by atoms with Crippen LogP contribution < -0.4 is 10.1 Å². The van der Waals surface area contributed by atoms with Crippen molar-refractivity contribution in [3.8, 4) is 5.75 Å². The van der Waals surface area contributed by atoms with E-state index in [0.29, 0.717) is 12.5 Å². The normalized spacial score (nSPS) is 26.4. The molecule has 1 aromatic carbocycles. The molecular weight excluding hydrogens is 266 g/mol. The van der Waals surface area contributed by atoms with Crippen LogP contribution in [0.4, 0.5) is 0 Å². The highest BCUT2D eigenvalue weighted by Gasteiger charge is 2.44. The lowest BCUT2D eigenvalue weighted by atomic mass is 10.0. The van der Waals surface area contributed by atoms with E-state index in [4.69, 9.17) is 4.74 Å². The second-order valence-electron chi connectivity index (χ2n) is 6.37. The van der Waals surface area contributed by atoms with E-state index in [2.05, 4.69) is 5.32 Å². The van der Waals surface area contributed by atoms with Gasteiger partial charge in [-0.2, -0.15) is 0 Å². The van der Waals surface area contributed by atoms with Gasteiger partial charge in [0, 0.05) is 12.5 Å². The van der Waals surface area contributed by atoms with Crippen molar-refractivity contribution in [2.75, 3.05) is 13.7 Å². The molecule has 0 radical (unpaired) electrons. The molecule has 0 heterocycles. The number of hydrogen-bond acceptors (Lipinski definition) is 3. The predicted molar refractivity (Wildman–Crippen MR) is 80.3 cm³/mol. The molecule has 114 valence electrons. The van der Waals surface area contributed by atoms with Crippen LogP contribution in [0.5, 0.6) is 5.75 Å². The second-order valence-corrected chi connectivity index (χ2v) is 6.37. The number of ether oxygens (including phenoxy) is 1. The van der Waals surface area contributed by atoms with Gasteiger partial charge in [-0.25, -0.2) is 0 Å². The fraction of sp³-hybridized carbons (Fsp3) is 0.588. The van der Waals surface area contributed by atoms with Gasteiger partial charge in [-0.3, -0.25) is 4.79 Å². The Balaban J connectivity index is 1.53. The first-order valence-electron chi connectivity index (χ1n) is 7.75. The first-order valence-corrected chi connectivity index (χ1v) is 7.75. The molecule has 0 saturated heterocycles. The number of nitrogens with one attached hydrogen (secondary N) is 1. The Morgan fingerprint density at radius 1 is 1.43 bits per heavy atom. The van der Waals surface area contributed by atoms with E-state index in [1.54, 1.807) is 7.11 Å². The number of methoxy groups -OCH3 is 1. The SMILES string of the molecule is COc1cccc(C2CC2C(=O)NCC2(O)CCCC2)c1. The van der Waals surface area contributed by atoms with Gasteiger partial charge in [0.25, 0.3) is 0 Å². The molecule has 2 saturated carbocycles. The summed E-state index contributed by atoms with van der Waals surface area (Å²) in [5, 5.41) is 13.2. The van der Waals surface area contributed by atoms with Gasteiger partial charge < -0.3 is 15.2 Å².